The molecule has 0 aromatic heterocycles. The standard InChI is InChI=1S/C29H44N2O6/c1-7-28-13-8-11-18-36-25(35)21(28)20-23(33)30(15-9-10-17-32)22-24(34)31(16-12-14-29(20,22)37-28)27(5,6)19-26(2,3)4/h8,12-14,20-22,32H,7,9-11,15-19H2,1-6H3/t20-,21-,22?,28+,29-/m0/s1. The average molecular weight is 517 g/mol. The van der Waals surface area contributed by atoms with Gasteiger partial charge in [0, 0.05) is 25.2 Å². The zero-order valence-electron chi connectivity index (χ0n) is 23.3. The molecular weight excluding hydrogens is 472 g/mol. The zero-order chi connectivity index (χ0) is 27.2. The minimum atomic E-state index is -1.27. The van der Waals surface area contributed by atoms with Crippen molar-refractivity contribution in [3.05, 3.63) is 24.3 Å². The summed E-state index contributed by atoms with van der Waals surface area (Å²) in [5.74, 6) is -2.53. The van der Waals surface area contributed by atoms with Gasteiger partial charge in [0.25, 0.3) is 0 Å². The van der Waals surface area contributed by atoms with Crippen LogP contribution < -0.4 is 0 Å². The van der Waals surface area contributed by atoms with E-state index in [0.717, 1.165) is 6.42 Å². The van der Waals surface area contributed by atoms with Crippen molar-refractivity contribution in [2.45, 2.75) is 96.4 Å². The van der Waals surface area contributed by atoms with Gasteiger partial charge in [-0.15, -0.1) is 0 Å². The fourth-order valence-corrected chi connectivity index (χ4v) is 7.30. The van der Waals surface area contributed by atoms with E-state index in [9.17, 15) is 19.5 Å². The predicted octanol–water partition coefficient (Wildman–Crippen LogP) is 3.24. The first-order chi connectivity index (χ1) is 17.3. The Morgan fingerprint density at radius 2 is 1.76 bits per heavy atom. The van der Waals surface area contributed by atoms with Crippen molar-refractivity contribution >= 4 is 17.8 Å². The molecule has 2 amide bonds. The van der Waals surface area contributed by atoms with Crippen LogP contribution in [0.3, 0.4) is 0 Å². The van der Waals surface area contributed by atoms with Crippen molar-refractivity contribution < 1.29 is 29.0 Å². The number of esters is 1. The number of nitrogens with zero attached hydrogens (tertiary/aromatic N) is 2. The summed E-state index contributed by atoms with van der Waals surface area (Å²) in [5, 5.41) is 9.38. The van der Waals surface area contributed by atoms with Gasteiger partial charge in [-0.3, -0.25) is 14.4 Å². The van der Waals surface area contributed by atoms with Crippen LogP contribution in [0.1, 0.15) is 73.6 Å². The third-order valence-corrected chi connectivity index (χ3v) is 8.40. The highest BCUT2D eigenvalue weighted by molar-refractivity contribution is 5.99. The first-order valence-corrected chi connectivity index (χ1v) is 13.8. The summed E-state index contributed by atoms with van der Waals surface area (Å²) < 4.78 is 12.5. The van der Waals surface area contributed by atoms with Crippen LogP contribution in [0, 0.1) is 17.3 Å². The second-order valence-electron chi connectivity index (χ2n) is 12.8. The maximum Gasteiger partial charge on any atom is 0.313 e. The smallest absolute Gasteiger partial charge is 0.313 e. The number of hydrogen-bond acceptors (Lipinski definition) is 6. The minimum Gasteiger partial charge on any atom is -0.465 e. The lowest BCUT2D eigenvalue weighted by Gasteiger charge is -2.45. The van der Waals surface area contributed by atoms with Gasteiger partial charge in [0.05, 0.1) is 12.5 Å². The van der Waals surface area contributed by atoms with Crippen molar-refractivity contribution in [1.82, 2.24) is 9.80 Å². The first kappa shape index (κ1) is 27.8. The Bertz CT molecular complexity index is 981. The Kier molecular flexibility index (Phi) is 7.40. The zero-order valence-corrected chi connectivity index (χ0v) is 23.3. The van der Waals surface area contributed by atoms with Crippen LogP contribution in [0.5, 0.6) is 0 Å². The number of aliphatic hydroxyl groups excluding tert-OH is 1. The largest absolute Gasteiger partial charge is 0.465 e. The number of ether oxygens (including phenoxy) is 2. The highest BCUT2D eigenvalue weighted by Gasteiger charge is 2.75. The summed E-state index contributed by atoms with van der Waals surface area (Å²) in [6.45, 7) is 13.5. The molecule has 0 radical (unpaired) electrons. The quantitative estimate of drug-likeness (QED) is 0.317. The van der Waals surface area contributed by atoms with E-state index in [4.69, 9.17) is 9.47 Å². The molecule has 4 heterocycles. The van der Waals surface area contributed by atoms with Crippen molar-refractivity contribution in [3.63, 3.8) is 0 Å². The topological polar surface area (TPSA) is 96.4 Å². The van der Waals surface area contributed by atoms with Crippen LogP contribution in [0.2, 0.25) is 0 Å². The Morgan fingerprint density at radius 3 is 2.41 bits per heavy atom. The molecule has 1 spiro atoms. The number of carbonyl (C=O) groups excluding carboxylic acids is 3. The number of rotatable bonds is 7. The lowest BCUT2D eigenvalue weighted by atomic mass is 9.73. The normalized spacial score (nSPS) is 34.0. The minimum absolute atomic E-state index is 0.00898. The van der Waals surface area contributed by atoms with Gasteiger partial charge in [-0.05, 0) is 51.4 Å². The summed E-state index contributed by atoms with van der Waals surface area (Å²) in [7, 11) is 0. The van der Waals surface area contributed by atoms with Gasteiger partial charge in [-0.2, -0.15) is 0 Å². The fourth-order valence-electron chi connectivity index (χ4n) is 7.30. The van der Waals surface area contributed by atoms with E-state index in [1.54, 1.807) is 4.90 Å². The molecule has 8 heteroatoms. The van der Waals surface area contributed by atoms with E-state index in [2.05, 4.69) is 34.6 Å². The summed E-state index contributed by atoms with van der Waals surface area (Å²) in [5.41, 5.74) is -2.77. The van der Waals surface area contributed by atoms with Gasteiger partial charge < -0.3 is 24.4 Å². The molecule has 4 rings (SSSR count). The van der Waals surface area contributed by atoms with Gasteiger partial charge in [0.15, 0.2) is 0 Å². The van der Waals surface area contributed by atoms with Crippen molar-refractivity contribution in [3.8, 4) is 0 Å². The van der Waals surface area contributed by atoms with Gasteiger partial charge >= 0.3 is 5.97 Å². The molecule has 0 aromatic carbocycles. The highest BCUT2D eigenvalue weighted by Crippen LogP contribution is 2.58. The van der Waals surface area contributed by atoms with Crippen molar-refractivity contribution in [2.75, 3.05) is 26.3 Å². The van der Waals surface area contributed by atoms with Crippen molar-refractivity contribution in [1.29, 1.82) is 0 Å². The van der Waals surface area contributed by atoms with Crippen LogP contribution in [0.4, 0.5) is 0 Å². The number of aliphatic hydroxyl groups is 1. The van der Waals surface area contributed by atoms with Crippen LogP contribution in [-0.4, -0.2) is 81.8 Å². The number of likely N-dealkylation sites (tertiary alicyclic amines) is 1. The van der Waals surface area contributed by atoms with Gasteiger partial charge in [0.2, 0.25) is 11.8 Å². The molecule has 1 N–H and O–H groups in total. The van der Waals surface area contributed by atoms with Crippen LogP contribution in [0.25, 0.3) is 0 Å². The fraction of sp³-hybridized carbons (Fsp3) is 0.759. The van der Waals surface area contributed by atoms with Gasteiger partial charge in [-0.25, -0.2) is 0 Å². The van der Waals surface area contributed by atoms with Crippen molar-refractivity contribution in [2.24, 2.45) is 17.3 Å². The van der Waals surface area contributed by atoms with Crippen LogP contribution in [0.15, 0.2) is 24.3 Å². The Balaban J connectivity index is 1.84. The monoisotopic (exact) mass is 516 g/mol. The first-order valence-electron chi connectivity index (χ1n) is 13.8. The molecule has 0 aromatic rings. The number of hydrogen-bond donors (Lipinski definition) is 1. The second-order valence-corrected chi connectivity index (χ2v) is 12.8. The molecule has 8 nitrogen and oxygen atoms in total. The molecule has 2 saturated heterocycles. The number of fused-ring (bicyclic) bond motifs is 2. The maximum absolute atomic E-state index is 14.5. The van der Waals surface area contributed by atoms with E-state index >= 15 is 0 Å². The summed E-state index contributed by atoms with van der Waals surface area (Å²) in [6, 6.07) is -0.889. The molecule has 206 valence electrons. The van der Waals surface area contributed by atoms with E-state index < -0.39 is 40.6 Å². The lowest BCUT2D eigenvalue weighted by molar-refractivity contribution is -0.163. The molecule has 4 aliphatic heterocycles. The molecule has 5 atom stereocenters. The number of carbonyl (C=O) groups is 3. The molecule has 1 unspecified atom stereocenters. The average Bonchev–Trinajstić information content (AvgIpc) is 3.12. The molecule has 37 heavy (non-hydrogen) atoms. The van der Waals surface area contributed by atoms with Gasteiger partial charge in [-0.1, -0.05) is 52.0 Å². The number of amides is 2. The molecule has 4 aliphatic rings. The Labute approximate surface area is 221 Å². The van der Waals surface area contributed by atoms with E-state index in [-0.39, 0.29) is 30.4 Å². The van der Waals surface area contributed by atoms with E-state index in [1.165, 1.54) is 0 Å². The summed E-state index contributed by atoms with van der Waals surface area (Å²) >= 11 is 0. The van der Waals surface area contributed by atoms with Gasteiger partial charge in [0.1, 0.15) is 23.2 Å². The molecule has 0 saturated carbocycles. The summed E-state index contributed by atoms with van der Waals surface area (Å²) in [6.07, 6.45) is 10.6. The lowest BCUT2D eigenvalue weighted by Crippen LogP contribution is -2.60. The second kappa shape index (κ2) is 9.84. The molecule has 0 bridgehead atoms. The SMILES string of the molecule is CC[C@@]12C=CCCOC(=O)[C@@H]1[C@H]1C(=O)N(CCCCO)C3C(=O)N(C(C)(C)CC(C)(C)C)CC=C[C@@]31O2. The third-order valence-electron chi connectivity index (χ3n) is 8.40. The molecule has 2 fully saturated rings. The molecule has 0 aliphatic carbocycles. The summed E-state index contributed by atoms with van der Waals surface area (Å²) in [4.78, 5) is 45.6. The number of unbranched alkanes of at least 4 members (excludes halogenated alkanes) is 1. The molecular formula is C29H44N2O6. The third kappa shape index (κ3) is 4.65. The van der Waals surface area contributed by atoms with E-state index in [0.29, 0.717) is 38.8 Å². The maximum atomic E-state index is 14.5. The Hall–Kier alpha value is -2.19. The van der Waals surface area contributed by atoms with Crippen LogP contribution >= 0.6 is 0 Å². The van der Waals surface area contributed by atoms with E-state index in [1.807, 2.05) is 36.1 Å². The number of cyclic esters (lactones) is 1. The predicted molar refractivity (Wildman–Crippen MR) is 139 cm³/mol. The highest BCUT2D eigenvalue weighted by atomic mass is 16.6. The van der Waals surface area contributed by atoms with Crippen LogP contribution in [-0.2, 0) is 23.9 Å². The Morgan fingerprint density at radius 1 is 1.03 bits per heavy atom.